The summed E-state index contributed by atoms with van der Waals surface area (Å²) in [4.78, 5) is 27.8. The van der Waals surface area contributed by atoms with Gasteiger partial charge in [-0.25, -0.2) is 0 Å². The van der Waals surface area contributed by atoms with E-state index >= 15 is 0 Å². The second-order valence-corrected chi connectivity index (χ2v) is 8.80. The van der Waals surface area contributed by atoms with E-state index in [0.29, 0.717) is 41.8 Å². The van der Waals surface area contributed by atoms with Crippen LogP contribution in [0.1, 0.15) is 51.5 Å². The van der Waals surface area contributed by atoms with Gasteiger partial charge in [0, 0.05) is 29.6 Å². The summed E-state index contributed by atoms with van der Waals surface area (Å²) in [6, 6.07) is 11.9. The van der Waals surface area contributed by atoms with Crippen LogP contribution < -0.4 is 14.8 Å². The van der Waals surface area contributed by atoms with Crippen molar-refractivity contribution in [3.05, 3.63) is 58.1 Å². The maximum Gasteiger partial charge on any atom is 0.242 e. The van der Waals surface area contributed by atoms with Crippen LogP contribution in [0.2, 0.25) is 10.0 Å². The lowest BCUT2D eigenvalue weighted by Crippen LogP contribution is -2.49. The first-order chi connectivity index (χ1) is 16.4. The average molecular weight is 509 g/mol. The third-order valence-electron chi connectivity index (χ3n) is 5.43. The first-order valence-corrected chi connectivity index (χ1v) is 12.4. The lowest BCUT2D eigenvalue weighted by molar-refractivity contribution is -0.141. The van der Waals surface area contributed by atoms with Crippen LogP contribution in [-0.2, 0) is 16.1 Å². The number of hydrogen-bond donors (Lipinski definition) is 1. The fourth-order valence-corrected chi connectivity index (χ4v) is 3.96. The number of amides is 2. The van der Waals surface area contributed by atoms with Gasteiger partial charge >= 0.3 is 0 Å². The molecule has 0 bridgehead atoms. The minimum absolute atomic E-state index is 0.123. The second kappa shape index (κ2) is 14.7. The molecule has 186 valence electrons. The zero-order valence-corrected chi connectivity index (χ0v) is 21.6. The topological polar surface area (TPSA) is 67.9 Å². The van der Waals surface area contributed by atoms with Crippen LogP contribution in [0, 0.1) is 0 Å². The SMILES string of the molecule is CCCCNC(=O)[C@H](CC)N(Cc1ccc(Cl)cc1Cl)C(=O)CCCOc1ccc(OC)cc1. The molecule has 1 N–H and O–H groups in total. The van der Waals surface area contributed by atoms with Crippen molar-refractivity contribution in [1.29, 1.82) is 0 Å². The maximum atomic E-state index is 13.3. The van der Waals surface area contributed by atoms with Crippen molar-refractivity contribution in [2.24, 2.45) is 0 Å². The highest BCUT2D eigenvalue weighted by molar-refractivity contribution is 6.35. The minimum Gasteiger partial charge on any atom is -0.497 e. The summed E-state index contributed by atoms with van der Waals surface area (Å²) >= 11 is 12.4. The molecule has 2 aromatic rings. The van der Waals surface area contributed by atoms with Crippen LogP contribution in [0.4, 0.5) is 0 Å². The first-order valence-electron chi connectivity index (χ1n) is 11.7. The van der Waals surface area contributed by atoms with E-state index < -0.39 is 6.04 Å². The third kappa shape index (κ3) is 8.73. The molecule has 2 aromatic carbocycles. The van der Waals surface area contributed by atoms with Crippen LogP contribution in [0.3, 0.4) is 0 Å². The maximum absolute atomic E-state index is 13.3. The van der Waals surface area contributed by atoms with Crippen molar-refractivity contribution in [2.45, 2.75) is 58.5 Å². The lowest BCUT2D eigenvalue weighted by atomic mass is 10.1. The second-order valence-electron chi connectivity index (χ2n) is 7.95. The van der Waals surface area contributed by atoms with E-state index in [2.05, 4.69) is 12.2 Å². The molecular weight excluding hydrogens is 475 g/mol. The summed E-state index contributed by atoms with van der Waals surface area (Å²) in [7, 11) is 1.61. The van der Waals surface area contributed by atoms with Crippen molar-refractivity contribution >= 4 is 35.0 Å². The zero-order chi connectivity index (χ0) is 24.9. The molecule has 2 rings (SSSR count). The Kier molecular flexibility index (Phi) is 12.1. The fraction of sp³-hybridized carbons (Fsp3) is 0.462. The van der Waals surface area contributed by atoms with Gasteiger partial charge in [-0.1, -0.05) is 49.5 Å². The summed E-state index contributed by atoms with van der Waals surface area (Å²) < 4.78 is 10.9. The molecule has 0 fully saturated rings. The zero-order valence-electron chi connectivity index (χ0n) is 20.1. The molecule has 1 atom stereocenters. The minimum atomic E-state index is -0.585. The summed E-state index contributed by atoms with van der Waals surface area (Å²) in [6.45, 7) is 5.17. The van der Waals surface area contributed by atoms with E-state index in [1.807, 2.05) is 31.2 Å². The highest BCUT2D eigenvalue weighted by Crippen LogP contribution is 2.24. The molecule has 34 heavy (non-hydrogen) atoms. The molecule has 0 unspecified atom stereocenters. The predicted molar refractivity (Wildman–Crippen MR) is 137 cm³/mol. The van der Waals surface area contributed by atoms with Gasteiger partial charge < -0.3 is 19.7 Å². The molecule has 0 saturated carbocycles. The molecule has 0 aromatic heterocycles. The Morgan fingerprint density at radius 2 is 1.74 bits per heavy atom. The van der Waals surface area contributed by atoms with Crippen LogP contribution >= 0.6 is 23.2 Å². The molecule has 0 aliphatic heterocycles. The standard InChI is InChI=1S/C26H34Cl2N2O4/c1-4-6-15-29-26(32)24(5-2)30(18-19-9-10-20(27)17-23(19)28)25(31)8-7-16-34-22-13-11-21(33-3)12-14-22/h9-14,17,24H,4-8,15-16,18H2,1-3H3,(H,29,32)/t24-/m0/s1. The Hall–Kier alpha value is -2.44. The highest BCUT2D eigenvalue weighted by atomic mass is 35.5. The van der Waals surface area contributed by atoms with Crippen molar-refractivity contribution < 1.29 is 19.1 Å². The van der Waals surface area contributed by atoms with E-state index in [9.17, 15) is 9.59 Å². The van der Waals surface area contributed by atoms with Gasteiger partial charge in [0.15, 0.2) is 0 Å². The van der Waals surface area contributed by atoms with Crippen LogP contribution in [0.25, 0.3) is 0 Å². The molecule has 0 aliphatic carbocycles. The Bertz CT molecular complexity index is 922. The summed E-state index contributed by atoms with van der Waals surface area (Å²) in [5.41, 5.74) is 0.744. The van der Waals surface area contributed by atoms with Gasteiger partial charge in [-0.05, 0) is 61.2 Å². The van der Waals surface area contributed by atoms with Gasteiger partial charge in [0.25, 0.3) is 0 Å². The molecule has 8 heteroatoms. The third-order valence-corrected chi connectivity index (χ3v) is 6.02. The molecule has 2 amide bonds. The van der Waals surface area contributed by atoms with Crippen LogP contribution in [0.15, 0.2) is 42.5 Å². The van der Waals surface area contributed by atoms with Crippen molar-refractivity contribution in [3.63, 3.8) is 0 Å². The predicted octanol–water partition coefficient (Wildman–Crippen LogP) is 5.88. The summed E-state index contributed by atoms with van der Waals surface area (Å²) in [5.74, 6) is 1.19. The van der Waals surface area contributed by atoms with Gasteiger partial charge in [-0.3, -0.25) is 9.59 Å². The number of methoxy groups -OCH3 is 1. The number of benzene rings is 2. The number of nitrogens with one attached hydrogen (secondary N) is 1. The van der Waals surface area contributed by atoms with E-state index in [4.69, 9.17) is 32.7 Å². The van der Waals surface area contributed by atoms with Gasteiger partial charge in [0.05, 0.1) is 13.7 Å². The van der Waals surface area contributed by atoms with Crippen molar-refractivity contribution in [3.8, 4) is 11.5 Å². The largest absolute Gasteiger partial charge is 0.497 e. The average Bonchev–Trinajstić information content (AvgIpc) is 2.83. The van der Waals surface area contributed by atoms with Gasteiger partial charge in [-0.15, -0.1) is 0 Å². The number of nitrogens with zero attached hydrogens (tertiary/aromatic N) is 1. The molecule has 0 heterocycles. The van der Waals surface area contributed by atoms with Crippen molar-refractivity contribution in [2.75, 3.05) is 20.3 Å². The Balaban J connectivity index is 2.06. The molecule has 0 aliphatic rings. The number of halogens is 2. The first kappa shape index (κ1) is 27.8. The van der Waals surface area contributed by atoms with Gasteiger partial charge in [-0.2, -0.15) is 0 Å². The highest BCUT2D eigenvalue weighted by Gasteiger charge is 2.28. The quantitative estimate of drug-likeness (QED) is 0.323. The molecule has 0 spiro atoms. The summed E-state index contributed by atoms with van der Waals surface area (Å²) in [5, 5.41) is 3.94. The Morgan fingerprint density at radius 1 is 1.03 bits per heavy atom. The Labute approximate surface area is 212 Å². The number of rotatable bonds is 14. The van der Waals surface area contributed by atoms with Crippen LogP contribution in [0.5, 0.6) is 11.5 Å². The van der Waals surface area contributed by atoms with E-state index in [-0.39, 0.29) is 24.8 Å². The normalized spacial score (nSPS) is 11.6. The lowest BCUT2D eigenvalue weighted by Gasteiger charge is -2.31. The molecule has 6 nitrogen and oxygen atoms in total. The number of hydrogen-bond acceptors (Lipinski definition) is 4. The summed E-state index contributed by atoms with van der Waals surface area (Å²) in [6.07, 6.45) is 3.14. The molecule has 0 saturated heterocycles. The number of carbonyl (C=O) groups is 2. The van der Waals surface area contributed by atoms with Gasteiger partial charge in [0.1, 0.15) is 17.5 Å². The van der Waals surface area contributed by atoms with Gasteiger partial charge in [0.2, 0.25) is 11.8 Å². The number of unbranched alkanes of at least 4 members (excludes halogenated alkanes) is 1. The molecule has 0 radical (unpaired) electrons. The number of ether oxygens (including phenoxy) is 2. The van der Waals surface area contributed by atoms with Crippen molar-refractivity contribution in [1.82, 2.24) is 10.2 Å². The van der Waals surface area contributed by atoms with Crippen LogP contribution in [-0.4, -0.2) is 43.0 Å². The number of carbonyl (C=O) groups excluding carboxylic acids is 2. The van der Waals surface area contributed by atoms with E-state index in [1.165, 1.54) is 0 Å². The smallest absolute Gasteiger partial charge is 0.242 e. The van der Waals surface area contributed by atoms with E-state index in [1.54, 1.807) is 30.2 Å². The molecular formula is C26H34Cl2N2O4. The fourth-order valence-electron chi connectivity index (χ4n) is 3.49. The Morgan fingerprint density at radius 3 is 2.35 bits per heavy atom. The van der Waals surface area contributed by atoms with E-state index in [0.717, 1.165) is 24.2 Å². The monoisotopic (exact) mass is 508 g/mol.